The van der Waals surface area contributed by atoms with Crippen molar-refractivity contribution in [3.05, 3.63) is 59.7 Å². The predicted octanol–water partition coefficient (Wildman–Crippen LogP) is 1.79. The van der Waals surface area contributed by atoms with Gasteiger partial charge in [-0.2, -0.15) is 0 Å². The molecule has 2 aromatic carbocycles. The summed E-state index contributed by atoms with van der Waals surface area (Å²) in [4.78, 5) is 26.6. The van der Waals surface area contributed by atoms with Crippen molar-refractivity contribution in [1.82, 2.24) is 0 Å². The minimum absolute atomic E-state index is 0.0164. The fourth-order valence-electron chi connectivity index (χ4n) is 2.23. The van der Waals surface area contributed by atoms with Crippen LogP contribution >= 0.6 is 0 Å². The maximum Gasteiger partial charge on any atom is 0.303 e. The number of carbonyl (C=O) groups excluding carboxylic acids is 1. The Kier molecular flexibility index (Phi) is 6.11. The summed E-state index contributed by atoms with van der Waals surface area (Å²) >= 11 is 0. The molecule has 0 aliphatic carbocycles. The molecule has 25 heavy (non-hydrogen) atoms. The molecule has 2 rings (SSSR count). The van der Waals surface area contributed by atoms with E-state index in [0.29, 0.717) is 17.8 Å². The molecule has 7 nitrogen and oxygen atoms in total. The zero-order valence-corrected chi connectivity index (χ0v) is 13.6. The number of benzene rings is 2. The smallest absolute Gasteiger partial charge is 0.303 e. The molecule has 1 amide bonds. The second-order valence-corrected chi connectivity index (χ2v) is 5.52. The number of aliphatic carboxylic acids is 1. The molecule has 0 saturated carbocycles. The number of anilines is 1. The summed E-state index contributed by atoms with van der Waals surface area (Å²) in [5.41, 5.74) is 13.7. The summed E-state index contributed by atoms with van der Waals surface area (Å²) in [5, 5.41) is 11.5. The molecule has 0 heterocycles. The number of carboxylic acids is 1. The zero-order valence-electron chi connectivity index (χ0n) is 13.6. The highest BCUT2D eigenvalue weighted by Crippen LogP contribution is 2.15. The molecule has 0 fully saturated rings. The van der Waals surface area contributed by atoms with Crippen molar-refractivity contribution in [1.29, 1.82) is 0 Å². The highest BCUT2D eigenvalue weighted by molar-refractivity contribution is 5.92. The van der Waals surface area contributed by atoms with Gasteiger partial charge in [-0.05, 0) is 41.8 Å². The molecule has 0 saturated heterocycles. The van der Waals surface area contributed by atoms with Crippen LogP contribution in [0.15, 0.2) is 53.5 Å². The number of nitrogens with two attached hydrogens (primary N) is 2. The Morgan fingerprint density at radius 1 is 0.960 bits per heavy atom. The third kappa shape index (κ3) is 6.34. The molecular weight excluding hydrogens is 320 g/mol. The highest BCUT2D eigenvalue weighted by Gasteiger charge is 2.05. The van der Waals surface area contributed by atoms with Crippen molar-refractivity contribution in [2.75, 3.05) is 5.32 Å². The predicted molar refractivity (Wildman–Crippen MR) is 96.6 cm³/mol. The molecule has 0 aliphatic rings. The summed E-state index contributed by atoms with van der Waals surface area (Å²) in [6.07, 6.45) is 0.774. The average molecular weight is 340 g/mol. The Bertz CT molecular complexity index is 764. The second-order valence-electron chi connectivity index (χ2n) is 5.52. The van der Waals surface area contributed by atoms with Crippen LogP contribution in [0.2, 0.25) is 0 Å². The van der Waals surface area contributed by atoms with Gasteiger partial charge in [-0.15, -0.1) is 0 Å². The van der Waals surface area contributed by atoms with Gasteiger partial charge in [0.1, 0.15) is 0 Å². The summed E-state index contributed by atoms with van der Waals surface area (Å²) in [7, 11) is 0. The van der Waals surface area contributed by atoms with Gasteiger partial charge >= 0.3 is 5.97 Å². The number of hydrogen-bond acceptors (Lipinski definition) is 3. The monoisotopic (exact) mass is 340 g/mol. The number of guanidine groups is 1. The number of nitrogens with one attached hydrogen (secondary N) is 1. The molecule has 130 valence electrons. The Morgan fingerprint density at radius 3 is 2.12 bits per heavy atom. The number of carboxylic acid groups (broad SMARTS) is 1. The Morgan fingerprint density at radius 2 is 1.56 bits per heavy atom. The lowest BCUT2D eigenvalue weighted by molar-refractivity contribution is -0.137. The maximum absolute atomic E-state index is 12.1. The van der Waals surface area contributed by atoms with E-state index in [1.165, 1.54) is 0 Å². The third-order valence-corrected chi connectivity index (χ3v) is 3.42. The summed E-state index contributed by atoms with van der Waals surface area (Å²) in [6, 6.07) is 14.2. The molecule has 0 unspecified atom stereocenters. The van der Waals surface area contributed by atoms with E-state index < -0.39 is 5.97 Å². The molecular formula is C18H20N4O3. The number of hydrogen-bond donors (Lipinski definition) is 4. The minimum atomic E-state index is -0.830. The van der Waals surface area contributed by atoms with Crippen molar-refractivity contribution in [3.8, 4) is 0 Å². The first-order valence-electron chi connectivity index (χ1n) is 7.71. The second kappa shape index (κ2) is 8.49. The molecule has 0 atom stereocenters. The van der Waals surface area contributed by atoms with Gasteiger partial charge in [0.2, 0.25) is 5.91 Å². The van der Waals surface area contributed by atoms with Crippen LogP contribution in [0.3, 0.4) is 0 Å². The van der Waals surface area contributed by atoms with E-state index in [1.54, 1.807) is 36.4 Å². The van der Waals surface area contributed by atoms with Gasteiger partial charge in [0.25, 0.3) is 0 Å². The lowest BCUT2D eigenvalue weighted by atomic mass is 10.1. The van der Waals surface area contributed by atoms with Gasteiger partial charge in [-0.3, -0.25) is 9.59 Å². The van der Waals surface area contributed by atoms with Gasteiger partial charge in [0.15, 0.2) is 5.96 Å². The van der Waals surface area contributed by atoms with Crippen LogP contribution in [0.1, 0.15) is 17.5 Å². The third-order valence-electron chi connectivity index (χ3n) is 3.42. The topological polar surface area (TPSA) is 131 Å². The van der Waals surface area contributed by atoms with Crippen LogP contribution in [0, 0.1) is 0 Å². The fraction of sp³-hybridized carbons (Fsp3) is 0.167. The van der Waals surface area contributed by atoms with Gasteiger partial charge in [-0.25, -0.2) is 4.99 Å². The average Bonchev–Trinajstić information content (AvgIpc) is 2.55. The standard InChI is InChI=1S/C18H20N4O3/c19-18(20)22-15-8-3-13(4-9-15)11-16(23)21-14-6-1-12(2-7-14)5-10-17(24)25/h1-4,6-9H,5,10-11H2,(H,21,23)(H,24,25)(H4,19,20,22). The normalized spacial score (nSPS) is 10.1. The van der Waals surface area contributed by atoms with Crippen molar-refractivity contribution in [2.24, 2.45) is 16.5 Å². The number of aryl methyl sites for hydroxylation is 1. The highest BCUT2D eigenvalue weighted by atomic mass is 16.4. The van der Waals surface area contributed by atoms with Crippen LogP contribution in [0.4, 0.5) is 11.4 Å². The van der Waals surface area contributed by atoms with Crippen LogP contribution in [0.25, 0.3) is 0 Å². The molecule has 0 aliphatic heterocycles. The van der Waals surface area contributed by atoms with E-state index in [9.17, 15) is 9.59 Å². The van der Waals surface area contributed by atoms with E-state index in [4.69, 9.17) is 16.6 Å². The van der Waals surface area contributed by atoms with E-state index in [0.717, 1.165) is 11.1 Å². The van der Waals surface area contributed by atoms with Crippen LogP contribution < -0.4 is 16.8 Å². The van der Waals surface area contributed by atoms with Gasteiger partial charge in [-0.1, -0.05) is 24.3 Å². The van der Waals surface area contributed by atoms with E-state index >= 15 is 0 Å². The van der Waals surface area contributed by atoms with Crippen LogP contribution in [-0.4, -0.2) is 22.9 Å². The first kappa shape index (κ1) is 18.0. The van der Waals surface area contributed by atoms with E-state index in [-0.39, 0.29) is 24.7 Å². The van der Waals surface area contributed by atoms with Crippen molar-refractivity contribution < 1.29 is 14.7 Å². The lowest BCUT2D eigenvalue weighted by Crippen LogP contribution is -2.21. The zero-order chi connectivity index (χ0) is 18.2. The molecule has 6 N–H and O–H groups in total. The number of amides is 1. The van der Waals surface area contributed by atoms with Crippen LogP contribution in [-0.2, 0) is 22.4 Å². The van der Waals surface area contributed by atoms with Gasteiger partial charge < -0.3 is 21.9 Å². The fourth-order valence-corrected chi connectivity index (χ4v) is 2.23. The summed E-state index contributed by atoms with van der Waals surface area (Å²) in [6.45, 7) is 0. The van der Waals surface area contributed by atoms with Crippen LogP contribution in [0.5, 0.6) is 0 Å². The number of carbonyl (C=O) groups is 2. The minimum Gasteiger partial charge on any atom is -0.481 e. The van der Waals surface area contributed by atoms with E-state index in [1.807, 2.05) is 12.1 Å². The molecule has 0 spiro atoms. The number of rotatable bonds is 7. The SMILES string of the molecule is NC(N)=Nc1ccc(CC(=O)Nc2ccc(CCC(=O)O)cc2)cc1. The van der Waals surface area contributed by atoms with Gasteiger partial charge in [0, 0.05) is 12.1 Å². The first-order chi connectivity index (χ1) is 11.9. The van der Waals surface area contributed by atoms with Crippen molar-refractivity contribution in [2.45, 2.75) is 19.3 Å². The van der Waals surface area contributed by atoms with Crippen molar-refractivity contribution in [3.63, 3.8) is 0 Å². The largest absolute Gasteiger partial charge is 0.481 e. The quantitative estimate of drug-likeness (QED) is 0.451. The lowest BCUT2D eigenvalue weighted by Gasteiger charge is -2.07. The molecule has 0 aromatic heterocycles. The maximum atomic E-state index is 12.1. The Hall–Kier alpha value is -3.35. The summed E-state index contributed by atoms with van der Waals surface area (Å²) < 4.78 is 0. The first-order valence-corrected chi connectivity index (χ1v) is 7.71. The molecule has 2 aromatic rings. The molecule has 7 heteroatoms. The Balaban J connectivity index is 1.89. The Labute approximate surface area is 145 Å². The molecule has 0 radical (unpaired) electrons. The van der Waals surface area contributed by atoms with Crippen molar-refractivity contribution >= 4 is 29.2 Å². The summed E-state index contributed by atoms with van der Waals surface area (Å²) in [5.74, 6) is -0.992. The number of nitrogens with zero attached hydrogens (tertiary/aromatic N) is 1. The van der Waals surface area contributed by atoms with E-state index in [2.05, 4.69) is 10.3 Å². The van der Waals surface area contributed by atoms with Gasteiger partial charge in [0.05, 0.1) is 12.1 Å². The molecule has 0 bridgehead atoms. The number of aliphatic imine (C=N–C) groups is 1.